The summed E-state index contributed by atoms with van der Waals surface area (Å²) in [7, 11) is 1.61. The molecule has 0 unspecified atom stereocenters. The highest BCUT2D eigenvalue weighted by Crippen LogP contribution is 2.44. The molecule has 1 aliphatic rings. The minimum absolute atomic E-state index is 0.146. The lowest BCUT2D eigenvalue weighted by Gasteiger charge is -2.28. The molecule has 1 N–H and O–H groups in total. The van der Waals surface area contributed by atoms with Gasteiger partial charge in [0.25, 0.3) is 0 Å². The monoisotopic (exact) mass is 503 g/mol. The van der Waals surface area contributed by atoms with Gasteiger partial charge < -0.3 is 19.5 Å². The molecule has 178 valence electrons. The average Bonchev–Trinajstić information content (AvgIpc) is 3.35. The highest BCUT2D eigenvalue weighted by molar-refractivity contribution is 7.80. The number of anilines is 1. The Bertz CT molecular complexity index is 1390. The van der Waals surface area contributed by atoms with E-state index in [9.17, 15) is 0 Å². The Morgan fingerprint density at radius 3 is 2.51 bits per heavy atom. The maximum Gasteiger partial charge on any atom is 0.174 e. The van der Waals surface area contributed by atoms with Gasteiger partial charge in [-0.2, -0.15) is 0 Å². The summed E-state index contributed by atoms with van der Waals surface area (Å²) in [6, 6.07) is 17.7. The Morgan fingerprint density at radius 2 is 1.86 bits per heavy atom. The van der Waals surface area contributed by atoms with Gasteiger partial charge in [-0.3, -0.25) is 4.98 Å². The fourth-order valence-electron chi connectivity index (χ4n) is 4.79. The molecule has 0 radical (unpaired) electrons. The van der Waals surface area contributed by atoms with Crippen molar-refractivity contribution in [2.24, 2.45) is 0 Å². The van der Waals surface area contributed by atoms with Crippen molar-refractivity contribution in [3.63, 3.8) is 0 Å². The number of nitrogens with one attached hydrogen (secondary N) is 1. The maximum atomic E-state index is 6.52. The minimum atomic E-state index is -0.149. The molecule has 1 aromatic carbocycles. The van der Waals surface area contributed by atoms with Crippen LogP contribution < -0.4 is 15.0 Å². The molecule has 0 amide bonds. The predicted molar refractivity (Wildman–Crippen MR) is 144 cm³/mol. The molecule has 0 saturated carbocycles. The molecule has 8 heteroatoms. The van der Waals surface area contributed by atoms with Gasteiger partial charge in [-0.05, 0) is 86.6 Å². The third-order valence-corrected chi connectivity index (χ3v) is 7.04. The van der Waals surface area contributed by atoms with Crippen molar-refractivity contribution in [1.29, 1.82) is 0 Å². The van der Waals surface area contributed by atoms with Gasteiger partial charge >= 0.3 is 0 Å². The number of rotatable bonds is 5. The van der Waals surface area contributed by atoms with E-state index in [1.807, 2.05) is 61.8 Å². The van der Waals surface area contributed by atoms with Gasteiger partial charge in [0.2, 0.25) is 0 Å². The molecule has 0 spiro atoms. The second kappa shape index (κ2) is 9.32. The standard InChI is InChI=1S/C27H26ClN5OS/c1-16-8-11-24(30-15-16)32-17(2)13-20(18(32)3)26-25(22-7-5-6-12-29-22)31-27(35)33(26)19-9-10-23(34-4)21(28)14-19/h5-15,25-26H,1-4H3,(H,31,35)/t25-,26-/m1/s1. The summed E-state index contributed by atoms with van der Waals surface area (Å²) in [4.78, 5) is 11.5. The quantitative estimate of drug-likeness (QED) is 0.335. The lowest BCUT2D eigenvalue weighted by molar-refractivity contribution is 0.415. The zero-order valence-electron chi connectivity index (χ0n) is 20.0. The number of aromatic nitrogens is 3. The summed E-state index contributed by atoms with van der Waals surface area (Å²) in [5, 5.41) is 4.66. The second-order valence-electron chi connectivity index (χ2n) is 8.67. The van der Waals surface area contributed by atoms with E-state index in [0.717, 1.165) is 39.7 Å². The van der Waals surface area contributed by atoms with Crippen LogP contribution in [-0.4, -0.2) is 26.8 Å². The van der Waals surface area contributed by atoms with Crippen molar-refractivity contribution in [2.45, 2.75) is 32.9 Å². The van der Waals surface area contributed by atoms with Crippen LogP contribution in [0.2, 0.25) is 5.02 Å². The molecule has 3 aromatic heterocycles. The Hall–Kier alpha value is -3.42. The molecule has 1 aliphatic heterocycles. The fourth-order valence-corrected chi connectivity index (χ4v) is 5.38. The first-order valence-corrected chi connectivity index (χ1v) is 12.1. The summed E-state index contributed by atoms with van der Waals surface area (Å²) < 4.78 is 7.55. The molecule has 5 rings (SSSR count). The van der Waals surface area contributed by atoms with Crippen LogP contribution in [0.5, 0.6) is 5.75 Å². The number of aryl methyl sites for hydroxylation is 2. The van der Waals surface area contributed by atoms with Crippen LogP contribution in [0.25, 0.3) is 5.82 Å². The van der Waals surface area contributed by atoms with Crippen LogP contribution in [0.4, 0.5) is 5.69 Å². The van der Waals surface area contributed by atoms with E-state index < -0.39 is 0 Å². The average molecular weight is 504 g/mol. The van der Waals surface area contributed by atoms with Crippen LogP contribution in [-0.2, 0) is 0 Å². The molecule has 0 aliphatic carbocycles. The van der Waals surface area contributed by atoms with Crippen LogP contribution in [0.15, 0.2) is 67.0 Å². The van der Waals surface area contributed by atoms with Crippen LogP contribution in [0.3, 0.4) is 0 Å². The summed E-state index contributed by atoms with van der Waals surface area (Å²) in [5.74, 6) is 1.51. The summed E-state index contributed by atoms with van der Waals surface area (Å²) in [6.07, 6.45) is 3.70. The number of pyridine rings is 2. The number of benzene rings is 1. The van der Waals surface area contributed by atoms with Crippen molar-refractivity contribution in [1.82, 2.24) is 19.9 Å². The van der Waals surface area contributed by atoms with Gasteiger partial charge in [-0.15, -0.1) is 0 Å². The molecule has 6 nitrogen and oxygen atoms in total. The van der Waals surface area contributed by atoms with Crippen molar-refractivity contribution in [2.75, 3.05) is 12.0 Å². The van der Waals surface area contributed by atoms with E-state index in [0.29, 0.717) is 15.9 Å². The number of hydrogen-bond acceptors (Lipinski definition) is 4. The largest absolute Gasteiger partial charge is 0.495 e. The van der Waals surface area contributed by atoms with E-state index in [1.54, 1.807) is 7.11 Å². The zero-order chi connectivity index (χ0) is 24.7. The van der Waals surface area contributed by atoms with Crippen LogP contribution >= 0.6 is 23.8 Å². The Balaban J connectivity index is 1.67. The van der Waals surface area contributed by atoms with Crippen molar-refractivity contribution in [3.05, 3.63) is 100 Å². The second-order valence-corrected chi connectivity index (χ2v) is 9.46. The maximum absolute atomic E-state index is 6.52. The third-order valence-electron chi connectivity index (χ3n) is 6.43. The Kier molecular flexibility index (Phi) is 6.21. The SMILES string of the molecule is COc1ccc(N2C(=S)N[C@H](c3ccccn3)[C@H]2c2cc(C)n(-c3ccc(C)cn3)c2C)cc1Cl. The zero-order valence-corrected chi connectivity index (χ0v) is 21.6. The molecule has 4 heterocycles. The minimum Gasteiger partial charge on any atom is -0.495 e. The molecular weight excluding hydrogens is 478 g/mol. The lowest BCUT2D eigenvalue weighted by Crippen LogP contribution is -2.29. The van der Waals surface area contributed by atoms with Crippen molar-refractivity contribution >= 4 is 34.6 Å². The summed E-state index contributed by atoms with van der Waals surface area (Å²) in [5.41, 5.74) is 6.26. The number of thiocarbonyl (C=S) groups is 1. The first-order valence-electron chi connectivity index (χ1n) is 11.3. The first kappa shape index (κ1) is 23.3. The van der Waals surface area contributed by atoms with Gasteiger partial charge in [0.15, 0.2) is 5.11 Å². The van der Waals surface area contributed by atoms with Crippen LogP contribution in [0.1, 0.15) is 40.3 Å². The van der Waals surface area contributed by atoms with Crippen molar-refractivity contribution < 1.29 is 4.74 Å². The van der Waals surface area contributed by atoms with E-state index in [4.69, 9.17) is 28.6 Å². The Labute approximate surface area is 215 Å². The molecule has 4 aromatic rings. The van der Waals surface area contributed by atoms with E-state index in [1.165, 1.54) is 0 Å². The van der Waals surface area contributed by atoms with Gasteiger partial charge in [0.05, 0.1) is 29.9 Å². The number of nitrogens with zero attached hydrogens (tertiary/aromatic N) is 4. The fraction of sp³-hybridized carbons (Fsp3) is 0.222. The Morgan fingerprint density at radius 1 is 1.03 bits per heavy atom. The summed E-state index contributed by atoms with van der Waals surface area (Å²) in [6.45, 7) is 6.26. The predicted octanol–water partition coefficient (Wildman–Crippen LogP) is 6.03. The molecular formula is C27H26ClN5OS. The van der Waals surface area contributed by atoms with Gasteiger partial charge in [-0.1, -0.05) is 23.7 Å². The highest BCUT2D eigenvalue weighted by atomic mass is 35.5. The topological polar surface area (TPSA) is 55.2 Å². The molecule has 1 saturated heterocycles. The van der Waals surface area contributed by atoms with E-state index >= 15 is 0 Å². The van der Waals surface area contributed by atoms with E-state index in [2.05, 4.69) is 50.7 Å². The van der Waals surface area contributed by atoms with Gasteiger partial charge in [0, 0.05) is 29.5 Å². The van der Waals surface area contributed by atoms with Crippen LogP contribution in [0, 0.1) is 20.8 Å². The number of hydrogen-bond donors (Lipinski definition) is 1. The van der Waals surface area contributed by atoms with Gasteiger partial charge in [-0.25, -0.2) is 4.98 Å². The first-order chi connectivity index (χ1) is 16.9. The van der Waals surface area contributed by atoms with Crippen molar-refractivity contribution in [3.8, 4) is 11.6 Å². The molecule has 35 heavy (non-hydrogen) atoms. The molecule has 0 bridgehead atoms. The highest BCUT2D eigenvalue weighted by Gasteiger charge is 2.42. The molecule has 1 fully saturated rings. The number of ether oxygens (including phenoxy) is 1. The summed E-state index contributed by atoms with van der Waals surface area (Å²) >= 11 is 12.4. The van der Waals surface area contributed by atoms with E-state index in [-0.39, 0.29) is 12.1 Å². The van der Waals surface area contributed by atoms with Gasteiger partial charge in [0.1, 0.15) is 11.6 Å². The lowest BCUT2D eigenvalue weighted by atomic mass is 9.96. The number of halogens is 1. The molecule has 2 atom stereocenters. The smallest absolute Gasteiger partial charge is 0.174 e. The number of methoxy groups -OCH3 is 1. The third kappa shape index (κ3) is 4.15. The normalized spacial score (nSPS) is 17.5.